The Kier molecular flexibility index (Phi) is 6.19. The number of hydrogen-bond donors (Lipinski definition) is 3. The fraction of sp³-hybridized carbons (Fsp3) is 0.429. The van der Waals surface area contributed by atoms with Crippen LogP contribution >= 0.6 is 11.8 Å². The summed E-state index contributed by atoms with van der Waals surface area (Å²) in [7, 11) is 0. The van der Waals surface area contributed by atoms with Crippen LogP contribution in [0.3, 0.4) is 0 Å². The van der Waals surface area contributed by atoms with E-state index in [0.717, 1.165) is 37.3 Å². The average Bonchev–Trinajstić information content (AvgIpc) is 3.41. The maximum absolute atomic E-state index is 12.4. The molecule has 0 bridgehead atoms. The predicted molar refractivity (Wildman–Crippen MR) is 116 cm³/mol. The first kappa shape index (κ1) is 20.6. The smallest absolute Gasteiger partial charge is 0.230 e. The lowest BCUT2D eigenvalue weighted by atomic mass is 10.1. The Morgan fingerprint density at radius 3 is 2.90 bits per heavy atom. The van der Waals surface area contributed by atoms with E-state index in [9.17, 15) is 4.79 Å². The minimum atomic E-state index is -0.0741. The van der Waals surface area contributed by atoms with Crippen molar-refractivity contribution in [3.63, 3.8) is 0 Å². The molecule has 158 valence electrons. The van der Waals surface area contributed by atoms with Gasteiger partial charge < -0.3 is 10.1 Å². The molecule has 0 aliphatic carbocycles. The van der Waals surface area contributed by atoms with Gasteiger partial charge in [-0.15, -0.1) is 0 Å². The van der Waals surface area contributed by atoms with Gasteiger partial charge in [-0.05, 0) is 43.9 Å². The van der Waals surface area contributed by atoms with Crippen LogP contribution < -0.4 is 10.8 Å². The Hall–Kier alpha value is -2.65. The summed E-state index contributed by atoms with van der Waals surface area (Å²) in [5.74, 6) is 0.135. The lowest BCUT2D eigenvalue weighted by molar-refractivity contribution is -0.119. The summed E-state index contributed by atoms with van der Waals surface area (Å²) in [5.41, 5.74) is 3.66. The van der Waals surface area contributed by atoms with Gasteiger partial charge in [-0.2, -0.15) is 5.10 Å². The van der Waals surface area contributed by atoms with Crippen molar-refractivity contribution in [2.24, 2.45) is 0 Å². The number of rotatable bonds is 7. The van der Waals surface area contributed by atoms with Crippen molar-refractivity contribution < 1.29 is 9.53 Å². The third kappa shape index (κ3) is 4.27. The number of H-pyrrole nitrogens is 1. The molecular weight excluding hydrogens is 400 g/mol. The van der Waals surface area contributed by atoms with Gasteiger partial charge in [0.15, 0.2) is 10.8 Å². The van der Waals surface area contributed by atoms with Crippen LogP contribution in [0.2, 0.25) is 0 Å². The molecule has 30 heavy (non-hydrogen) atoms. The number of benzene rings is 1. The molecule has 1 unspecified atom stereocenters. The molecule has 1 atom stereocenters. The highest BCUT2D eigenvalue weighted by molar-refractivity contribution is 7.99. The molecule has 2 aromatic heterocycles. The number of aromatic amines is 1. The molecule has 0 saturated carbocycles. The van der Waals surface area contributed by atoms with E-state index in [0.29, 0.717) is 28.2 Å². The molecule has 8 nitrogen and oxygen atoms in total. The summed E-state index contributed by atoms with van der Waals surface area (Å²) in [5, 5.41) is 20.1. The van der Waals surface area contributed by atoms with Crippen LogP contribution in [-0.2, 0) is 16.0 Å². The maximum atomic E-state index is 12.4. The number of ether oxygens (including phenoxy) is 1. The van der Waals surface area contributed by atoms with Crippen LogP contribution in [0.25, 0.3) is 16.7 Å². The van der Waals surface area contributed by atoms with Gasteiger partial charge in [-0.3, -0.25) is 19.9 Å². The fourth-order valence-corrected chi connectivity index (χ4v) is 4.40. The van der Waals surface area contributed by atoms with E-state index in [2.05, 4.69) is 39.6 Å². The third-order valence-electron chi connectivity index (χ3n) is 5.27. The quantitative estimate of drug-likeness (QED) is 0.397. The standard InChI is InChI=1S/C21H26N6O2S/c1-3-14-6-8-15(9-7-14)27-19(22)18-13(2)25-26-20(18)24-21(27)30-12-17(28)23-11-16-5-4-10-29-16/h6-9,16,22H,3-5,10-12H2,1-2H3,(H,23,28)(H,25,26). The van der Waals surface area contributed by atoms with E-state index < -0.39 is 0 Å². The number of hydrogen-bond acceptors (Lipinski definition) is 6. The highest BCUT2D eigenvalue weighted by Crippen LogP contribution is 2.22. The topological polar surface area (TPSA) is 109 Å². The normalized spacial score (nSPS) is 16.3. The molecule has 0 radical (unpaired) electrons. The largest absolute Gasteiger partial charge is 0.376 e. The fourth-order valence-electron chi connectivity index (χ4n) is 3.56. The van der Waals surface area contributed by atoms with Crippen LogP contribution in [0.4, 0.5) is 0 Å². The molecular formula is C21H26N6O2S. The van der Waals surface area contributed by atoms with Crippen LogP contribution in [0.1, 0.15) is 31.0 Å². The van der Waals surface area contributed by atoms with Crippen molar-refractivity contribution in [1.29, 1.82) is 5.41 Å². The summed E-state index contributed by atoms with van der Waals surface area (Å²) < 4.78 is 7.33. The first-order valence-corrected chi connectivity index (χ1v) is 11.2. The van der Waals surface area contributed by atoms with Crippen LogP contribution in [0, 0.1) is 12.3 Å². The van der Waals surface area contributed by atoms with Gasteiger partial charge in [-0.1, -0.05) is 30.8 Å². The molecule has 1 fully saturated rings. The van der Waals surface area contributed by atoms with Gasteiger partial charge in [-0.25, -0.2) is 4.98 Å². The Morgan fingerprint density at radius 2 is 2.20 bits per heavy atom. The number of fused-ring (bicyclic) bond motifs is 1. The summed E-state index contributed by atoms with van der Waals surface area (Å²) in [6, 6.07) is 8.08. The van der Waals surface area contributed by atoms with Crippen LogP contribution in [0.15, 0.2) is 29.4 Å². The monoisotopic (exact) mass is 426 g/mol. The highest BCUT2D eigenvalue weighted by Gasteiger charge is 2.18. The van der Waals surface area contributed by atoms with Crippen molar-refractivity contribution in [2.75, 3.05) is 18.9 Å². The van der Waals surface area contributed by atoms with Gasteiger partial charge in [0.1, 0.15) is 5.49 Å². The zero-order valence-corrected chi connectivity index (χ0v) is 18.0. The molecule has 1 amide bonds. The minimum Gasteiger partial charge on any atom is -0.376 e. The molecule has 1 saturated heterocycles. The number of amides is 1. The number of aromatic nitrogens is 4. The van der Waals surface area contributed by atoms with Gasteiger partial charge in [0.25, 0.3) is 0 Å². The van der Waals surface area contributed by atoms with E-state index in [1.54, 1.807) is 4.57 Å². The summed E-state index contributed by atoms with van der Waals surface area (Å²) in [6.07, 6.45) is 3.09. The van der Waals surface area contributed by atoms with E-state index in [-0.39, 0.29) is 17.8 Å². The van der Waals surface area contributed by atoms with Crippen molar-refractivity contribution in [3.8, 4) is 5.69 Å². The zero-order valence-electron chi connectivity index (χ0n) is 17.2. The second-order valence-electron chi connectivity index (χ2n) is 7.37. The number of thioether (sulfide) groups is 1. The van der Waals surface area contributed by atoms with Gasteiger partial charge in [0.05, 0.1) is 17.2 Å². The predicted octanol–water partition coefficient (Wildman–Crippen LogP) is 2.49. The Balaban J connectivity index is 1.60. The molecule has 0 spiro atoms. The van der Waals surface area contributed by atoms with E-state index in [1.807, 2.05) is 19.1 Å². The van der Waals surface area contributed by atoms with E-state index in [1.165, 1.54) is 17.3 Å². The molecule has 1 aliphatic rings. The molecule has 3 aromatic rings. The Labute approximate surface area is 178 Å². The highest BCUT2D eigenvalue weighted by atomic mass is 32.2. The Morgan fingerprint density at radius 1 is 1.40 bits per heavy atom. The van der Waals surface area contributed by atoms with Crippen molar-refractivity contribution in [3.05, 3.63) is 41.0 Å². The number of carbonyl (C=O) groups is 1. The SMILES string of the molecule is CCc1ccc(-n2c(SCC(=O)NCC3CCCO3)nc3n[nH]c(C)c3c2=N)cc1. The summed E-state index contributed by atoms with van der Waals surface area (Å²) >= 11 is 1.31. The number of nitrogens with zero attached hydrogens (tertiary/aromatic N) is 3. The summed E-state index contributed by atoms with van der Waals surface area (Å²) in [6.45, 7) is 5.29. The minimum absolute atomic E-state index is 0.0741. The van der Waals surface area contributed by atoms with Crippen molar-refractivity contribution >= 4 is 28.7 Å². The lowest BCUT2D eigenvalue weighted by Gasteiger charge is -2.14. The van der Waals surface area contributed by atoms with Gasteiger partial charge in [0.2, 0.25) is 5.91 Å². The zero-order chi connectivity index (χ0) is 21.1. The average molecular weight is 427 g/mol. The van der Waals surface area contributed by atoms with Gasteiger partial charge in [0, 0.05) is 24.5 Å². The van der Waals surface area contributed by atoms with E-state index >= 15 is 0 Å². The van der Waals surface area contributed by atoms with E-state index in [4.69, 9.17) is 10.1 Å². The Bertz CT molecular complexity index is 1100. The number of aryl methyl sites for hydroxylation is 2. The molecule has 1 aromatic carbocycles. The number of carbonyl (C=O) groups excluding carboxylic acids is 1. The van der Waals surface area contributed by atoms with Crippen molar-refractivity contribution in [2.45, 2.75) is 44.4 Å². The second-order valence-corrected chi connectivity index (χ2v) is 8.32. The lowest BCUT2D eigenvalue weighted by Crippen LogP contribution is -2.33. The number of nitrogens with one attached hydrogen (secondary N) is 3. The van der Waals surface area contributed by atoms with Crippen LogP contribution in [0.5, 0.6) is 0 Å². The molecule has 1 aliphatic heterocycles. The van der Waals surface area contributed by atoms with Crippen LogP contribution in [-0.4, -0.2) is 50.7 Å². The third-order valence-corrected chi connectivity index (χ3v) is 6.21. The first-order chi connectivity index (χ1) is 14.6. The molecule has 4 rings (SSSR count). The van der Waals surface area contributed by atoms with Gasteiger partial charge >= 0.3 is 0 Å². The van der Waals surface area contributed by atoms with Crippen molar-refractivity contribution in [1.82, 2.24) is 25.1 Å². The molecule has 3 heterocycles. The second kappa shape index (κ2) is 9.01. The first-order valence-electron chi connectivity index (χ1n) is 10.2. The summed E-state index contributed by atoms with van der Waals surface area (Å²) in [4.78, 5) is 17.0. The maximum Gasteiger partial charge on any atom is 0.230 e. The molecule has 9 heteroatoms. The molecule has 3 N–H and O–H groups in total.